The summed E-state index contributed by atoms with van der Waals surface area (Å²) >= 11 is 7.57. The molecule has 0 aliphatic rings. The van der Waals surface area contributed by atoms with E-state index in [0.717, 1.165) is 11.3 Å². The second kappa shape index (κ2) is 10.4. The zero-order valence-electron chi connectivity index (χ0n) is 17.8. The summed E-state index contributed by atoms with van der Waals surface area (Å²) in [7, 11) is 0. The Balaban J connectivity index is 2.00. The normalized spacial score (nSPS) is 11.3. The van der Waals surface area contributed by atoms with Crippen molar-refractivity contribution in [1.82, 2.24) is 9.97 Å². The highest BCUT2D eigenvalue weighted by molar-refractivity contribution is 7.20. The molecule has 1 N–H and O–H groups in total. The van der Waals surface area contributed by atoms with Crippen LogP contribution in [0.2, 0.25) is 0 Å². The number of aromatic amines is 1. The van der Waals surface area contributed by atoms with Gasteiger partial charge in [0.15, 0.2) is 17.3 Å². The number of carbonyl (C=O) groups excluding carboxylic acids is 1. The van der Waals surface area contributed by atoms with Crippen LogP contribution in [0.4, 0.5) is 0 Å². The molecular formula is C23H21ClN2O5S. The predicted molar refractivity (Wildman–Crippen MR) is 127 cm³/mol. The zero-order chi connectivity index (χ0) is 23.3. The SMILES string of the molecule is C#CCOc1ccc(/C=C(\Cl)c2nc3sc(C(=O)OCC)c(C)c3c(=O)[nH]2)cc1OCC. The number of hydrogen-bond donors (Lipinski definition) is 1. The van der Waals surface area contributed by atoms with Crippen LogP contribution in [-0.2, 0) is 4.74 Å². The molecule has 0 bridgehead atoms. The van der Waals surface area contributed by atoms with Gasteiger partial charge in [0.25, 0.3) is 5.56 Å². The van der Waals surface area contributed by atoms with Gasteiger partial charge >= 0.3 is 5.97 Å². The maximum absolute atomic E-state index is 12.7. The number of benzene rings is 1. The largest absolute Gasteiger partial charge is 0.490 e. The summed E-state index contributed by atoms with van der Waals surface area (Å²) in [6.07, 6.45) is 6.90. The highest BCUT2D eigenvalue weighted by Crippen LogP contribution is 2.32. The van der Waals surface area contributed by atoms with Crippen LogP contribution in [0, 0.1) is 19.3 Å². The Labute approximate surface area is 194 Å². The third-order valence-electron chi connectivity index (χ3n) is 4.36. The van der Waals surface area contributed by atoms with E-state index in [9.17, 15) is 9.59 Å². The Hall–Kier alpha value is -3.28. The average Bonchev–Trinajstić information content (AvgIpc) is 3.10. The summed E-state index contributed by atoms with van der Waals surface area (Å²) in [6.45, 7) is 6.08. The minimum atomic E-state index is -0.480. The molecule has 7 nitrogen and oxygen atoms in total. The number of aryl methyl sites for hydroxylation is 1. The number of terminal acetylenes is 1. The van der Waals surface area contributed by atoms with E-state index in [-0.39, 0.29) is 29.6 Å². The number of hydrogen-bond acceptors (Lipinski definition) is 7. The summed E-state index contributed by atoms with van der Waals surface area (Å²) in [4.78, 5) is 32.7. The van der Waals surface area contributed by atoms with Crippen molar-refractivity contribution in [3.05, 3.63) is 50.4 Å². The van der Waals surface area contributed by atoms with E-state index in [1.165, 1.54) is 0 Å². The third kappa shape index (κ3) is 4.96. The maximum atomic E-state index is 12.7. The molecule has 1 aromatic carbocycles. The van der Waals surface area contributed by atoms with Gasteiger partial charge in [-0.2, -0.15) is 0 Å². The van der Waals surface area contributed by atoms with Crippen molar-refractivity contribution < 1.29 is 19.0 Å². The van der Waals surface area contributed by atoms with E-state index in [4.69, 9.17) is 32.2 Å². The third-order valence-corrected chi connectivity index (χ3v) is 5.81. The van der Waals surface area contributed by atoms with E-state index < -0.39 is 5.97 Å². The summed E-state index contributed by atoms with van der Waals surface area (Å²) < 4.78 is 16.2. The Bertz CT molecular complexity index is 1290. The fourth-order valence-electron chi connectivity index (χ4n) is 2.98. The van der Waals surface area contributed by atoms with Gasteiger partial charge in [-0.05, 0) is 50.1 Å². The van der Waals surface area contributed by atoms with Crippen LogP contribution >= 0.6 is 22.9 Å². The second-order valence-corrected chi connectivity index (χ2v) is 7.90. The lowest BCUT2D eigenvalue weighted by Crippen LogP contribution is -2.11. The summed E-state index contributed by atoms with van der Waals surface area (Å²) in [6, 6.07) is 5.26. The van der Waals surface area contributed by atoms with Crippen molar-refractivity contribution in [2.24, 2.45) is 0 Å². The molecule has 2 aromatic heterocycles. The topological polar surface area (TPSA) is 90.5 Å². The molecule has 166 valence electrons. The maximum Gasteiger partial charge on any atom is 0.348 e. The van der Waals surface area contributed by atoms with Crippen LogP contribution in [0.1, 0.15) is 40.5 Å². The Morgan fingerprint density at radius 2 is 2.06 bits per heavy atom. The summed E-state index contributed by atoms with van der Waals surface area (Å²) in [5.41, 5.74) is 0.866. The van der Waals surface area contributed by atoms with Gasteiger partial charge in [0.1, 0.15) is 16.3 Å². The van der Waals surface area contributed by atoms with E-state index in [1.54, 1.807) is 38.1 Å². The molecule has 0 saturated carbocycles. The van der Waals surface area contributed by atoms with Crippen LogP contribution in [-0.4, -0.2) is 35.8 Å². The molecule has 0 radical (unpaired) electrons. The summed E-state index contributed by atoms with van der Waals surface area (Å²) in [5.74, 6) is 3.16. The van der Waals surface area contributed by atoms with Gasteiger partial charge in [-0.3, -0.25) is 4.79 Å². The molecular weight excluding hydrogens is 452 g/mol. The molecule has 3 aromatic rings. The monoisotopic (exact) mass is 472 g/mol. The highest BCUT2D eigenvalue weighted by Gasteiger charge is 2.20. The van der Waals surface area contributed by atoms with E-state index in [0.29, 0.717) is 44.3 Å². The Kier molecular flexibility index (Phi) is 7.57. The molecule has 0 saturated heterocycles. The molecule has 0 aliphatic carbocycles. The van der Waals surface area contributed by atoms with Crippen LogP contribution < -0.4 is 15.0 Å². The predicted octanol–water partition coefficient (Wildman–Crippen LogP) is 4.62. The number of halogens is 1. The lowest BCUT2D eigenvalue weighted by Gasteiger charge is -2.11. The van der Waals surface area contributed by atoms with Crippen molar-refractivity contribution in [1.29, 1.82) is 0 Å². The van der Waals surface area contributed by atoms with Crippen molar-refractivity contribution >= 4 is 50.2 Å². The second-order valence-electron chi connectivity index (χ2n) is 6.50. The average molecular weight is 473 g/mol. The smallest absolute Gasteiger partial charge is 0.348 e. The first-order chi connectivity index (χ1) is 15.4. The molecule has 0 aliphatic heterocycles. The molecule has 3 rings (SSSR count). The molecule has 2 heterocycles. The molecule has 32 heavy (non-hydrogen) atoms. The van der Waals surface area contributed by atoms with Gasteiger partial charge in [0.05, 0.1) is 23.6 Å². The van der Waals surface area contributed by atoms with Gasteiger partial charge < -0.3 is 19.2 Å². The molecule has 9 heteroatoms. The fourth-order valence-corrected chi connectivity index (χ4v) is 4.28. The van der Waals surface area contributed by atoms with Crippen molar-refractivity contribution in [2.45, 2.75) is 20.8 Å². The fraction of sp³-hybridized carbons (Fsp3) is 0.261. The zero-order valence-corrected chi connectivity index (χ0v) is 19.4. The first-order valence-electron chi connectivity index (χ1n) is 9.80. The van der Waals surface area contributed by atoms with Gasteiger partial charge in [-0.15, -0.1) is 17.8 Å². The van der Waals surface area contributed by atoms with Gasteiger partial charge in [0, 0.05) is 0 Å². The molecule has 0 amide bonds. The number of aromatic nitrogens is 2. The van der Waals surface area contributed by atoms with Crippen molar-refractivity contribution in [3.8, 4) is 23.8 Å². The van der Waals surface area contributed by atoms with Gasteiger partial charge in [0.2, 0.25) is 0 Å². The lowest BCUT2D eigenvalue weighted by molar-refractivity contribution is 0.0531. The first kappa shape index (κ1) is 23.4. The number of esters is 1. The Morgan fingerprint density at radius 1 is 1.28 bits per heavy atom. The minimum absolute atomic E-state index is 0.120. The number of nitrogens with one attached hydrogen (secondary N) is 1. The minimum Gasteiger partial charge on any atom is -0.490 e. The van der Waals surface area contributed by atoms with Crippen LogP contribution in [0.3, 0.4) is 0 Å². The summed E-state index contributed by atoms with van der Waals surface area (Å²) in [5, 5.41) is 0.562. The number of nitrogens with zero attached hydrogens (tertiary/aromatic N) is 1. The lowest BCUT2D eigenvalue weighted by atomic mass is 10.2. The number of carbonyl (C=O) groups is 1. The van der Waals surface area contributed by atoms with E-state index >= 15 is 0 Å². The first-order valence-corrected chi connectivity index (χ1v) is 11.0. The van der Waals surface area contributed by atoms with Crippen LogP contribution in [0.15, 0.2) is 23.0 Å². The van der Waals surface area contributed by atoms with E-state index in [2.05, 4.69) is 15.9 Å². The van der Waals surface area contributed by atoms with E-state index in [1.807, 2.05) is 6.92 Å². The highest BCUT2D eigenvalue weighted by atomic mass is 35.5. The molecule has 0 atom stereocenters. The molecule has 0 fully saturated rings. The molecule has 0 unspecified atom stereocenters. The number of thiophene rings is 1. The van der Waals surface area contributed by atoms with Crippen LogP contribution in [0.5, 0.6) is 11.5 Å². The Morgan fingerprint density at radius 3 is 2.75 bits per heavy atom. The van der Waals surface area contributed by atoms with Crippen molar-refractivity contribution in [3.63, 3.8) is 0 Å². The quantitative estimate of drug-likeness (QED) is 0.380. The number of fused-ring (bicyclic) bond motifs is 1. The van der Waals surface area contributed by atoms with Gasteiger partial charge in [-0.25, -0.2) is 9.78 Å². The van der Waals surface area contributed by atoms with Crippen molar-refractivity contribution in [2.75, 3.05) is 19.8 Å². The number of rotatable bonds is 8. The number of H-pyrrole nitrogens is 1. The molecule has 0 spiro atoms. The van der Waals surface area contributed by atoms with Crippen LogP contribution in [0.25, 0.3) is 21.3 Å². The van der Waals surface area contributed by atoms with Gasteiger partial charge in [-0.1, -0.05) is 23.6 Å². The number of ether oxygens (including phenoxy) is 3. The standard InChI is InChI=1S/C23H21ClN2O5S/c1-5-10-31-16-9-8-14(12-17(16)29-6-2)11-15(24)20-25-21(27)18-13(4)19(23(28)30-7-3)32-22(18)26-20/h1,8-9,11-12H,6-7,10H2,2-4H3,(H,25,26,27)/b15-11-.